The van der Waals surface area contributed by atoms with Crippen LogP contribution in [0.2, 0.25) is 0 Å². The van der Waals surface area contributed by atoms with E-state index in [1.54, 1.807) is 0 Å². The predicted octanol–water partition coefficient (Wildman–Crippen LogP) is 3.76. The number of hydrogen-bond acceptors (Lipinski definition) is 5. The third-order valence-electron chi connectivity index (χ3n) is 4.57. The number of sulfonamides is 1. The summed E-state index contributed by atoms with van der Waals surface area (Å²) in [5.41, 5.74) is 4.16. The van der Waals surface area contributed by atoms with Crippen LogP contribution in [0.15, 0.2) is 24.4 Å². The van der Waals surface area contributed by atoms with Gasteiger partial charge < -0.3 is 0 Å². The molecule has 0 radical (unpaired) electrons. The molecule has 0 aliphatic carbocycles. The summed E-state index contributed by atoms with van der Waals surface area (Å²) in [4.78, 5) is 4.70. The Bertz CT molecular complexity index is 1190. The van der Waals surface area contributed by atoms with Gasteiger partial charge in [-0.05, 0) is 50.5 Å². The van der Waals surface area contributed by atoms with Crippen molar-refractivity contribution in [1.29, 1.82) is 5.26 Å². The maximum Gasteiger partial charge on any atom is 0.233 e. The lowest BCUT2D eigenvalue weighted by Gasteiger charge is -2.13. The van der Waals surface area contributed by atoms with Gasteiger partial charge in [-0.3, -0.25) is 4.72 Å². The molecule has 0 atom stereocenters. The van der Waals surface area contributed by atoms with Gasteiger partial charge in [-0.25, -0.2) is 13.4 Å². The zero-order valence-corrected chi connectivity index (χ0v) is 17.3. The van der Waals surface area contributed by atoms with E-state index in [4.69, 9.17) is 4.98 Å². The Labute approximate surface area is 165 Å². The lowest BCUT2D eigenvalue weighted by molar-refractivity contribution is 0.597. The predicted molar refractivity (Wildman–Crippen MR) is 110 cm³/mol. The fourth-order valence-electron chi connectivity index (χ4n) is 3.17. The number of fused-ring (bicyclic) bond motifs is 1. The molecule has 28 heavy (non-hydrogen) atoms. The second kappa shape index (κ2) is 7.60. The van der Waals surface area contributed by atoms with E-state index in [-0.39, 0.29) is 17.1 Å². The number of hydrogen-bond donors (Lipinski definition) is 1. The maximum atomic E-state index is 12.4. The molecule has 0 aliphatic heterocycles. The number of pyridine rings is 1. The van der Waals surface area contributed by atoms with Crippen LogP contribution in [-0.4, -0.2) is 28.9 Å². The Morgan fingerprint density at radius 1 is 1.18 bits per heavy atom. The van der Waals surface area contributed by atoms with Gasteiger partial charge in [-0.2, -0.15) is 15.0 Å². The van der Waals surface area contributed by atoms with Crippen molar-refractivity contribution in [1.82, 2.24) is 14.8 Å². The molecule has 1 N–H and O–H groups in total. The van der Waals surface area contributed by atoms with Crippen molar-refractivity contribution in [2.45, 2.75) is 40.5 Å². The first-order valence-corrected chi connectivity index (χ1v) is 10.8. The molecule has 0 aliphatic rings. The lowest BCUT2D eigenvalue weighted by atomic mass is 10.0. The van der Waals surface area contributed by atoms with Crippen LogP contribution in [-0.2, 0) is 10.0 Å². The summed E-state index contributed by atoms with van der Waals surface area (Å²) in [7, 11) is -3.59. The van der Waals surface area contributed by atoms with Gasteiger partial charge >= 0.3 is 0 Å². The standard InChI is InChI=1S/C20H23N5O2S/c1-5-6-7-28(26,27)24-20-16(11-21)12-22-25(20)18-10-14(3)17-9-13(2)8-15(4)19(17)23-18/h8-10,12,24H,5-7H2,1-4H3. The molecule has 0 fully saturated rings. The first kappa shape index (κ1) is 19.8. The highest BCUT2D eigenvalue weighted by atomic mass is 32.2. The minimum Gasteiger partial charge on any atom is -0.266 e. The number of nitrogens with zero attached hydrogens (tertiary/aromatic N) is 4. The minimum absolute atomic E-state index is 0.0118. The Hall–Kier alpha value is -2.92. The summed E-state index contributed by atoms with van der Waals surface area (Å²) in [6.07, 6.45) is 2.65. The van der Waals surface area contributed by atoms with Gasteiger partial charge in [-0.15, -0.1) is 0 Å². The second-order valence-corrected chi connectivity index (χ2v) is 8.82. The summed E-state index contributed by atoms with van der Waals surface area (Å²) in [5.74, 6) is 0.573. The van der Waals surface area contributed by atoms with Crippen LogP contribution < -0.4 is 4.72 Å². The van der Waals surface area contributed by atoms with Crippen LogP contribution in [0, 0.1) is 32.1 Å². The first-order chi connectivity index (χ1) is 13.3. The molecule has 3 rings (SSSR count). The minimum atomic E-state index is -3.59. The van der Waals surface area contributed by atoms with Crippen LogP contribution in [0.5, 0.6) is 0 Å². The van der Waals surface area contributed by atoms with Gasteiger partial charge in [0.05, 0.1) is 17.5 Å². The van der Waals surface area contributed by atoms with Gasteiger partial charge in [0, 0.05) is 5.39 Å². The summed E-state index contributed by atoms with van der Waals surface area (Å²) < 4.78 is 28.7. The van der Waals surface area contributed by atoms with Crippen molar-refractivity contribution in [3.63, 3.8) is 0 Å². The average Bonchev–Trinajstić information content (AvgIpc) is 3.02. The van der Waals surface area contributed by atoms with E-state index in [2.05, 4.69) is 22.0 Å². The Kier molecular flexibility index (Phi) is 5.38. The molecule has 2 aromatic heterocycles. The fourth-order valence-corrected chi connectivity index (χ4v) is 4.43. The zero-order valence-electron chi connectivity index (χ0n) is 16.4. The molecule has 146 valence electrons. The number of rotatable bonds is 6. The first-order valence-electron chi connectivity index (χ1n) is 9.13. The van der Waals surface area contributed by atoms with Crippen molar-refractivity contribution in [3.8, 4) is 11.9 Å². The van der Waals surface area contributed by atoms with Crippen LogP contribution in [0.1, 0.15) is 42.0 Å². The van der Waals surface area contributed by atoms with Crippen LogP contribution in [0.3, 0.4) is 0 Å². The van der Waals surface area contributed by atoms with Gasteiger partial charge in [-0.1, -0.05) is 25.0 Å². The largest absolute Gasteiger partial charge is 0.266 e. The topological polar surface area (TPSA) is 101 Å². The molecule has 0 spiro atoms. The van der Waals surface area contributed by atoms with E-state index in [0.29, 0.717) is 12.2 Å². The van der Waals surface area contributed by atoms with Gasteiger partial charge in [0.1, 0.15) is 11.6 Å². The molecule has 3 aromatic rings. The molecule has 0 bridgehead atoms. The van der Waals surface area contributed by atoms with Crippen molar-refractivity contribution < 1.29 is 8.42 Å². The third-order valence-corrected chi connectivity index (χ3v) is 5.90. The molecule has 0 saturated heterocycles. The molecule has 0 saturated carbocycles. The SMILES string of the molecule is CCCCS(=O)(=O)Nc1c(C#N)cnn1-c1cc(C)c2cc(C)cc(C)c2n1. The molecule has 1 aromatic carbocycles. The number of nitriles is 1. The number of aromatic nitrogens is 3. The number of nitrogens with one attached hydrogen (secondary N) is 1. The second-order valence-electron chi connectivity index (χ2n) is 6.98. The van der Waals surface area contributed by atoms with Crippen LogP contribution >= 0.6 is 0 Å². The monoisotopic (exact) mass is 397 g/mol. The van der Waals surface area contributed by atoms with Crippen molar-refractivity contribution in [3.05, 3.63) is 46.6 Å². The molecular weight excluding hydrogens is 374 g/mol. The highest BCUT2D eigenvalue weighted by Gasteiger charge is 2.20. The zero-order chi connectivity index (χ0) is 20.5. The Morgan fingerprint density at radius 2 is 1.93 bits per heavy atom. The van der Waals surface area contributed by atoms with E-state index in [1.807, 2.05) is 39.8 Å². The molecule has 0 amide bonds. The summed E-state index contributed by atoms with van der Waals surface area (Å²) >= 11 is 0. The van der Waals surface area contributed by atoms with E-state index < -0.39 is 10.0 Å². The Morgan fingerprint density at radius 3 is 2.61 bits per heavy atom. The van der Waals surface area contributed by atoms with E-state index in [1.165, 1.54) is 10.9 Å². The van der Waals surface area contributed by atoms with Crippen LogP contribution in [0.4, 0.5) is 5.82 Å². The molecule has 2 heterocycles. The summed E-state index contributed by atoms with van der Waals surface area (Å²) in [6, 6.07) is 7.97. The normalized spacial score (nSPS) is 11.5. The van der Waals surface area contributed by atoms with Crippen molar-refractivity contribution in [2.24, 2.45) is 0 Å². The molecule has 7 nitrogen and oxygen atoms in total. The quantitative estimate of drug-likeness (QED) is 0.682. The summed E-state index contributed by atoms with van der Waals surface area (Å²) in [6.45, 7) is 7.93. The summed E-state index contributed by atoms with van der Waals surface area (Å²) in [5, 5.41) is 14.7. The number of unbranched alkanes of at least 4 members (excludes halogenated alkanes) is 1. The van der Waals surface area contributed by atoms with Gasteiger partial charge in [0.2, 0.25) is 10.0 Å². The highest BCUT2D eigenvalue weighted by molar-refractivity contribution is 7.92. The highest BCUT2D eigenvalue weighted by Crippen LogP contribution is 2.27. The van der Waals surface area contributed by atoms with Crippen LogP contribution in [0.25, 0.3) is 16.7 Å². The van der Waals surface area contributed by atoms with Gasteiger partial charge in [0.15, 0.2) is 11.6 Å². The lowest BCUT2D eigenvalue weighted by Crippen LogP contribution is -2.20. The Balaban J connectivity index is 2.15. The molecule has 8 heteroatoms. The van der Waals surface area contributed by atoms with E-state index in [9.17, 15) is 13.7 Å². The number of anilines is 1. The molecular formula is C20H23N5O2S. The molecule has 0 unspecified atom stereocenters. The van der Waals surface area contributed by atoms with Gasteiger partial charge in [0.25, 0.3) is 0 Å². The van der Waals surface area contributed by atoms with E-state index in [0.717, 1.165) is 34.0 Å². The average molecular weight is 398 g/mol. The van der Waals surface area contributed by atoms with Crippen molar-refractivity contribution >= 4 is 26.7 Å². The number of benzene rings is 1. The number of aryl methyl sites for hydroxylation is 3. The maximum absolute atomic E-state index is 12.4. The third kappa shape index (κ3) is 3.85. The smallest absolute Gasteiger partial charge is 0.233 e. The van der Waals surface area contributed by atoms with E-state index >= 15 is 0 Å². The van der Waals surface area contributed by atoms with Crippen molar-refractivity contribution in [2.75, 3.05) is 10.5 Å². The fraction of sp³-hybridized carbons (Fsp3) is 0.350.